The van der Waals surface area contributed by atoms with Gasteiger partial charge in [0.15, 0.2) is 0 Å². The third-order valence-corrected chi connectivity index (χ3v) is 3.72. The summed E-state index contributed by atoms with van der Waals surface area (Å²) >= 11 is 0. The van der Waals surface area contributed by atoms with Crippen LogP contribution in [0.15, 0.2) is 54.6 Å². The topological polar surface area (TPSA) is 32.3 Å². The van der Waals surface area contributed by atoms with Gasteiger partial charge < -0.3 is 10.4 Å². The summed E-state index contributed by atoms with van der Waals surface area (Å²) in [6.45, 7) is 4.21. The summed E-state index contributed by atoms with van der Waals surface area (Å²) < 4.78 is 13.1. The molecule has 21 heavy (non-hydrogen) atoms. The summed E-state index contributed by atoms with van der Waals surface area (Å²) in [5.74, 6) is 0.0646. The Balaban J connectivity index is 2.33. The van der Waals surface area contributed by atoms with Crippen LogP contribution in [0.4, 0.5) is 4.39 Å². The molecular weight excluding hydrogens is 265 g/mol. The third kappa shape index (κ3) is 4.13. The number of aliphatic hydroxyl groups excluding tert-OH is 1. The maximum Gasteiger partial charge on any atom is 0.123 e. The number of hydrogen-bond donors (Lipinski definition) is 2. The van der Waals surface area contributed by atoms with Crippen LogP contribution in [-0.2, 0) is 0 Å². The quantitative estimate of drug-likeness (QED) is 0.852. The van der Waals surface area contributed by atoms with Crippen LogP contribution in [0.25, 0.3) is 0 Å². The van der Waals surface area contributed by atoms with Crippen molar-refractivity contribution in [3.05, 3.63) is 71.5 Å². The molecule has 0 saturated carbocycles. The van der Waals surface area contributed by atoms with Crippen LogP contribution < -0.4 is 5.32 Å². The number of nitrogens with one attached hydrogen (secondary N) is 1. The zero-order chi connectivity index (χ0) is 15.2. The van der Waals surface area contributed by atoms with Crippen molar-refractivity contribution in [2.24, 2.45) is 5.92 Å². The molecule has 3 heteroatoms. The van der Waals surface area contributed by atoms with Crippen molar-refractivity contribution in [3.8, 4) is 0 Å². The molecule has 0 saturated heterocycles. The van der Waals surface area contributed by atoms with Gasteiger partial charge in [0.05, 0.1) is 12.6 Å². The molecule has 2 N–H and O–H groups in total. The molecule has 2 rings (SSSR count). The van der Waals surface area contributed by atoms with Crippen LogP contribution in [0.2, 0.25) is 0 Å². The van der Waals surface area contributed by atoms with Gasteiger partial charge >= 0.3 is 0 Å². The molecule has 0 aromatic heterocycles. The fraction of sp³-hybridized carbons (Fsp3) is 0.333. The standard InChI is InChI=1S/C18H22FNO/c1-13(2)17(12-21)20-18(14-6-4-3-5-7-14)15-8-10-16(19)11-9-15/h3-11,13,17-18,20-21H,12H2,1-2H3. The highest BCUT2D eigenvalue weighted by Crippen LogP contribution is 2.24. The summed E-state index contributed by atoms with van der Waals surface area (Å²) in [6.07, 6.45) is 0. The van der Waals surface area contributed by atoms with Gasteiger partial charge in [-0.15, -0.1) is 0 Å². The van der Waals surface area contributed by atoms with E-state index in [4.69, 9.17) is 0 Å². The second-order valence-corrected chi connectivity index (χ2v) is 5.59. The van der Waals surface area contributed by atoms with Gasteiger partial charge in [-0.05, 0) is 29.2 Å². The molecule has 0 radical (unpaired) electrons. The Morgan fingerprint density at radius 1 is 0.952 bits per heavy atom. The van der Waals surface area contributed by atoms with Crippen molar-refractivity contribution in [1.82, 2.24) is 5.32 Å². The van der Waals surface area contributed by atoms with Crippen molar-refractivity contribution in [1.29, 1.82) is 0 Å². The van der Waals surface area contributed by atoms with E-state index in [1.807, 2.05) is 30.3 Å². The Hall–Kier alpha value is -1.71. The van der Waals surface area contributed by atoms with E-state index in [1.54, 1.807) is 12.1 Å². The minimum Gasteiger partial charge on any atom is -0.395 e. The number of rotatable bonds is 6. The van der Waals surface area contributed by atoms with Crippen LogP contribution in [0.3, 0.4) is 0 Å². The molecule has 0 fully saturated rings. The first kappa shape index (κ1) is 15.7. The lowest BCUT2D eigenvalue weighted by Gasteiger charge is -2.28. The minimum atomic E-state index is -0.242. The lowest BCUT2D eigenvalue weighted by molar-refractivity contribution is 0.204. The van der Waals surface area contributed by atoms with Gasteiger partial charge in [0.1, 0.15) is 5.82 Å². The fourth-order valence-electron chi connectivity index (χ4n) is 2.36. The van der Waals surface area contributed by atoms with E-state index in [-0.39, 0.29) is 24.5 Å². The van der Waals surface area contributed by atoms with Crippen molar-refractivity contribution < 1.29 is 9.50 Å². The van der Waals surface area contributed by atoms with Gasteiger partial charge in [0.25, 0.3) is 0 Å². The zero-order valence-corrected chi connectivity index (χ0v) is 12.5. The van der Waals surface area contributed by atoms with Crippen molar-refractivity contribution in [2.75, 3.05) is 6.61 Å². The van der Waals surface area contributed by atoms with Crippen molar-refractivity contribution in [3.63, 3.8) is 0 Å². The van der Waals surface area contributed by atoms with Gasteiger partial charge in [-0.1, -0.05) is 56.3 Å². The minimum absolute atomic E-state index is 0.0136. The number of halogens is 1. The van der Waals surface area contributed by atoms with E-state index in [0.717, 1.165) is 11.1 Å². The second kappa shape index (κ2) is 7.34. The molecule has 2 aromatic carbocycles. The summed E-state index contributed by atoms with van der Waals surface area (Å²) in [6, 6.07) is 16.4. The van der Waals surface area contributed by atoms with Crippen LogP contribution in [0, 0.1) is 11.7 Å². The van der Waals surface area contributed by atoms with Gasteiger partial charge in [-0.3, -0.25) is 0 Å². The largest absolute Gasteiger partial charge is 0.395 e. The lowest BCUT2D eigenvalue weighted by atomic mass is 9.95. The highest BCUT2D eigenvalue weighted by molar-refractivity contribution is 5.32. The van der Waals surface area contributed by atoms with Crippen molar-refractivity contribution >= 4 is 0 Å². The molecule has 0 spiro atoms. The Morgan fingerprint density at radius 2 is 1.52 bits per heavy atom. The number of aliphatic hydroxyl groups is 1. The molecule has 112 valence electrons. The summed E-state index contributed by atoms with van der Waals surface area (Å²) in [7, 11) is 0. The molecule has 0 heterocycles. The van der Waals surface area contributed by atoms with Gasteiger partial charge in [0, 0.05) is 6.04 Å². The van der Waals surface area contributed by atoms with E-state index in [9.17, 15) is 9.50 Å². The van der Waals surface area contributed by atoms with Crippen LogP contribution in [-0.4, -0.2) is 17.8 Å². The van der Waals surface area contributed by atoms with E-state index in [2.05, 4.69) is 19.2 Å². The predicted octanol–water partition coefficient (Wildman–Crippen LogP) is 3.52. The Labute approximate surface area is 125 Å². The first-order valence-electron chi connectivity index (χ1n) is 7.29. The SMILES string of the molecule is CC(C)C(CO)NC(c1ccccc1)c1ccc(F)cc1. The van der Waals surface area contributed by atoms with Crippen LogP contribution in [0.1, 0.15) is 31.0 Å². The average molecular weight is 287 g/mol. The Morgan fingerprint density at radius 3 is 2.05 bits per heavy atom. The molecule has 0 aliphatic heterocycles. The molecule has 0 aliphatic rings. The summed E-state index contributed by atoms with van der Waals surface area (Å²) in [5, 5.41) is 13.0. The van der Waals surface area contributed by atoms with Crippen LogP contribution >= 0.6 is 0 Å². The van der Waals surface area contributed by atoms with Crippen LogP contribution in [0.5, 0.6) is 0 Å². The van der Waals surface area contributed by atoms with E-state index >= 15 is 0 Å². The highest BCUT2D eigenvalue weighted by Gasteiger charge is 2.20. The summed E-state index contributed by atoms with van der Waals surface area (Å²) in [5.41, 5.74) is 2.09. The number of hydrogen-bond acceptors (Lipinski definition) is 2. The second-order valence-electron chi connectivity index (χ2n) is 5.59. The molecule has 0 amide bonds. The first-order valence-corrected chi connectivity index (χ1v) is 7.29. The monoisotopic (exact) mass is 287 g/mol. The Bertz CT molecular complexity index is 539. The van der Waals surface area contributed by atoms with Gasteiger partial charge in [0.2, 0.25) is 0 Å². The molecular formula is C18H22FNO. The van der Waals surface area contributed by atoms with Gasteiger partial charge in [-0.2, -0.15) is 0 Å². The molecule has 0 bridgehead atoms. The normalized spacial score (nSPS) is 14.1. The zero-order valence-electron chi connectivity index (χ0n) is 12.5. The lowest BCUT2D eigenvalue weighted by Crippen LogP contribution is -2.40. The molecule has 0 aliphatic carbocycles. The first-order chi connectivity index (χ1) is 10.1. The maximum atomic E-state index is 13.1. The maximum absolute atomic E-state index is 13.1. The van der Waals surface area contributed by atoms with E-state index < -0.39 is 0 Å². The smallest absolute Gasteiger partial charge is 0.123 e. The van der Waals surface area contributed by atoms with E-state index in [0.29, 0.717) is 5.92 Å². The highest BCUT2D eigenvalue weighted by atomic mass is 19.1. The van der Waals surface area contributed by atoms with E-state index in [1.165, 1.54) is 12.1 Å². The fourth-order valence-corrected chi connectivity index (χ4v) is 2.36. The molecule has 2 aromatic rings. The summed E-state index contributed by atoms with van der Waals surface area (Å²) in [4.78, 5) is 0. The molecule has 2 nitrogen and oxygen atoms in total. The third-order valence-electron chi connectivity index (χ3n) is 3.72. The molecule has 2 unspecified atom stereocenters. The van der Waals surface area contributed by atoms with Crippen molar-refractivity contribution in [2.45, 2.75) is 25.9 Å². The van der Waals surface area contributed by atoms with Gasteiger partial charge in [-0.25, -0.2) is 4.39 Å². The number of benzene rings is 2. The Kier molecular flexibility index (Phi) is 5.48. The molecule has 2 atom stereocenters. The predicted molar refractivity (Wildman–Crippen MR) is 83.5 cm³/mol. The average Bonchev–Trinajstić information content (AvgIpc) is 2.50.